The van der Waals surface area contributed by atoms with Crippen LogP contribution in [0.5, 0.6) is 0 Å². The zero-order valence-corrected chi connectivity index (χ0v) is 10.2. The molecule has 10 heteroatoms. The molecular formula is C10H10F3N5O2. The van der Waals surface area contributed by atoms with Crippen molar-refractivity contribution in [1.29, 1.82) is 0 Å². The molecule has 2 heterocycles. The number of carbonyl (C=O) groups excluding carboxylic acids is 2. The second-order valence-electron chi connectivity index (χ2n) is 4.19. The molecule has 1 aromatic rings. The third-order valence-electron chi connectivity index (χ3n) is 2.74. The highest BCUT2D eigenvalue weighted by Crippen LogP contribution is 2.29. The molecule has 0 bridgehead atoms. The Morgan fingerprint density at radius 3 is 2.55 bits per heavy atom. The van der Waals surface area contributed by atoms with Gasteiger partial charge in [-0.15, -0.1) is 0 Å². The van der Waals surface area contributed by atoms with Crippen LogP contribution < -0.4 is 11.1 Å². The molecule has 1 aromatic heterocycles. The van der Waals surface area contributed by atoms with E-state index in [1.165, 1.54) is 7.05 Å². The maximum Gasteiger partial charge on any atom is 0.433 e. The van der Waals surface area contributed by atoms with Gasteiger partial charge in [-0.3, -0.25) is 14.5 Å². The van der Waals surface area contributed by atoms with E-state index in [9.17, 15) is 22.8 Å². The smallest absolute Gasteiger partial charge is 0.368 e. The first-order chi connectivity index (χ1) is 9.18. The number of likely N-dealkylation sites (tertiary alicyclic amines) is 1. The average Bonchev–Trinajstić information content (AvgIpc) is 2.55. The van der Waals surface area contributed by atoms with Crippen LogP contribution in [0.1, 0.15) is 12.1 Å². The van der Waals surface area contributed by atoms with Gasteiger partial charge in [-0.2, -0.15) is 18.2 Å². The number of nitrogens with two attached hydrogens (primary N) is 1. The van der Waals surface area contributed by atoms with Gasteiger partial charge in [-0.05, 0) is 0 Å². The van der Waals surface area contributed by atoms with E-state index in [-0.39, 0.29) is 12.2 Å². The molecule has 1 aliphatic heterocycles. The summed E-state index contributed by atoms with van der Waals surface area (Å²) in [5.74, 6) is -1.80. The van der Waals surface area contributed by atoms with Gasteiger partial charge < -0.3 is 11.1 Å². The van der Waals surface area contributed by atoms with Gasteiger partial charge in [0, 0.05) is 13.1 Å². The van der Waals surface area contributed by atoms with Crippen molar-refractivity contribution in [2.75, 3.05) is 18.1 Å². The Balaban J connectivity index is 2.25. The highest BCUT2D eigenvalue weighted by molar-refractivity contribution is 6.06. The molecule has 0 aromatic carbocycles. The highest BCUT2D eigenvalue weighted by atomic mass is 19.4. The minimum atomic E-state index is -4.68. The van der Waals surface area contributed by atoms with Crippen LogP contribution in [0.25, 0.3) is 0 Å². The van der Waals surface area contributed by atoms with Gasteiger partial charge in [0.15, 0.2) is 5.69 Å². The first kappa shape index (κ1) is 14.0. The van der Waals surface area contributed by atoms with E-state index in [0.29, 0.717) is 6.07 Å². The fourth-order valence-electron chi connectivity index (χ4n) is 1.73. The number of imide groups is 1. The van der Waals surface area contributed by atoms with Crippen molar-refractivity contribution < 1.29 is 22.8 Å². The first-order valence-corrected chi connectivity index (χ1v) is 5.47. The largest absolute Gasteiger partial charge is 0.433 e. The lowest BCUT2D eigenvalue weighted by molar-refractivity contribution is -0.141. The molecule has 20 heavy (non-hydrogen) atoms. The SMILES string of the molecule is CN1C(=O)CC(Nc2cc(C(F)(F)F)nc(N)n2)C1=O. The summed E-state index contributed by atoms with van der Waals surface area (Å²) in [5.41, 5.74) is 3.97. The molecule has 2 rings (SSSR count). The number of anilines is 2. The Labute approximate surface area is 111 Å². The predicted molar refractivity (Wildman–Crippen MR) is 61.3 cm³/mol. The van der Waals surface area contributed by atoms with Crippen LogP contribution in [-0.2, 0) is 15.8 Å². The van der Waals surface area contributed by atoms with Crippen LogP contribution in [0.2, 0.25) is 0 Å². The lowest BCUT2D eigenvalue weighted by Crippen LogP contribution is -2.32. The van der Waals surface area contributed by atoms with E-state index in [4.69, 9.17) is 5.73 Å². The third kappa shape index (κ3) is 2.63. The molecule has 1 atom stereocenters. The summed E-state index contributed by atoms with van der Waals surface area (Å²) in [6.45, 7) is 0. The minimum absolute atomic E-state index is 0.152. The van der Waals surface area contributed by atoms with E-state index >= 15 is 0 Å². The number of nitrogens with zero attached hydrogens (tertiary/aromatic N) is 3. The Bertz CT molecular complexity index is 575. The lowest BCUT2D eigenvalue weighted by atomic mass is 10.2. The van der Waals surface area contributed by atoms with Crippen molar-refractivity contribution in [3.8, 4) is 0 Å². The number of halogens is 3. The van der Waals surface area contributed by atoms with Crippen molar-refractivity contribution in [2.45, 2.75) is 18.6 Å². The van der Waals surface area contributed by atoms with Gasteiger partial charge in [-0.25, -0.2) is 4.98 Å². The standard InChI is InChI=1S/C10H10F3N5O2/c1-18-7(19)2-4(8(18)20)15-6-3-5(10(11,12)13)16-9(14)17-6/h3-4H,2H2,1H3,(H3,14,15,16,17). The zero-order chi connectivity index (χ0) is 15.1. The van der Waals surface area contributed by atoms with Gasteiger partial charge in [-0.1, -0.05) is 0 Å². The second kappa shape index (κ2) is 4.62. The Morgan fingerprint density at radius 2 is 2.05 bits per heavy atom. The molecule has 0 saturated carbocycles. The summed E-state index contributed by atoms with van der Waals surface area (Å²) in [5, 5.41) is 2.46. The van der Waals surface area contributed by atoms with Gasteiger partial charge >= 0.3 is 6.18 Å². The second-order valence-corrected chi connectivity index (χ2v) is 4.19. The molecule has 1 aliphatic rings. The summed E-state index contributed by atoms with van der Waals surface area (Å²) in [6.07, 6.45) is -4.83. The third-order valence-corrected chi connectivity index (χ3v) is 2.74. The van der Waals surface area contributed by atoms with E-state index in [1.807, 2.05) is 0 Å². The van der Waals surface area contributed by atoms with Crippen molar-refractivity contribution in [1.82, 2.24) is 14.9 Å². The van der Waals surface area contributed by atoms with Gasteiger partial charge in [0.2, 0.25) is 11.9 Å². The Morgan fingerprint density at radius 1 is 1.40 bits per heavy atom. The molecular weight excluding hydrogens is 279 g/mol. The number of nitrogens with one attached hydrogen (secondary N) is 1. The number of hydrogen-bond donors (Lipinski definition) is 2. The summed E-state index contributed by atoms with van der Waals surface area (Å²) >= 11 is 0. The number of alkyl halides is 3. The molecule has 0 radical (unpaired) electrons. The van der Waals surface area contributed by atoms with Crippen LogP contribution in [0.4, 0.5) is 24.9 Å². The summed E-state index contributed by atoms with van der Waals surface area (Å²) in [7, 11) is 1.29. The molecule has 7 nitrogen and oxygen atoms in total. The van der Waals surface area contributed by atoms with Crippen LogP contribution >= 0.6 is 0 Å². The topological polar surface area (TPSA) is 101 Å². The van der Waals surface area contributed by atoms with Gasteiger partial charge in [0.05, 0.1) is 6.42 Å². The molecule has 1 fully saturated rings. The summed E-state index contributed by atoms with van der Waals surface area (Å²) in [4.78, 5) is 30.5. The summed E-state index contributed by atoms with van der Waals surface area (Å²) in [6, 6.07) is -0.324. The number of aromatic nitrogens is 2. The van der Waals surface area contributed by atoms with Crippen LogP contribution in [0.15, 0.2) is 6.07 Å². The van der Waals surface area contributed by atoms with Gasteiger partial charge in [0.1, 0.15) is 11.9 Å². The van der Waals surface area contributed by atoms with Crippen molar-refractivity contribution in [3.05, 3.63) is 11.8 Å². The molecule has 0 spiro atoms. The summed E-state index contributed by atoms with van der Waals surface area (Å²) < 4.78 is 37.7. The van der Waals surface area contributed by atoms with Crippen LogP contribution in [0, 0.1) is 0 Å². The first-order valence-electron chi connectivity index (χ1n) is 5.47. The lowest BCUT2D eigenvalue weighted by Gasteiger charge is -2.13. The average molecular weight is 289 g/mol. The highest BCUT2D eigenvalue weighted by Gasteiger charge is 2.37. The quantitative estimate of drug-likeness (QED) is 0.757. The molecule has 1 saturated heterocycles. The molecule has 3 N–H and O–H groups in total. The van der Waals surface area contributed by atoms with Gasteiger partial charge in [0.25, 0.3) is 5.91 Å². The monoisotopic (exact) mass is 289 g/mol. The molecule has 0 aliphatic carbocycles. The minimum Gasteiger partial charge on any atom is -0.368 e. The maximum atomic E-state index is 12.6. The van der Waals surface area contributed by atoms with E-state index in [0.717, 1.165) is 4.90 Å². The normalized spacial score (nSPS) is 19.6. The number of carbonyl (C=O) groups is 2. The predicted octanol–water partition coefficient (Wildman–Crippen LogP) is 0.247. The van der Waals surface area contributed by atoms with Crippen molar-refractivity contribution in [3.63, 3.8) is 0 Å². The number of rotatable bonds is 2. The zero-order valence-electron chi connectivity index (χ0n) is 10.2. The maximum absolute atomic E-state index is 12.6. The van der Waals surface area contributed by atoms with E-state index < -0.39 is 35.7 Å². The molecule has 2 amide bonds. The van der Waals surface area contributed by atoms with Crippen LogP contribution in [-0.4, -0.2) is 39.8 Å². The van der Waals surface area contributed by atoms with Crippen molar-refractivity contribution in [2.24, 2.45) is 0 Å². The molecule has 1 unspecified atom stereocenters. The number of nitrogen functional groups attached to an aromatic ring is 1. The van der Waals surface area contributed by atoms with Crippen molar-refractivity contribution >= 4 is 23.6 Å². The fraction of sp³-hybridized carbons (Fsp3) is 0.400. The fourth-order valence-corrected chi connectivity index (χ4v) is 1.73. The Hall–Kier alpha value is -2.39. The van der Waals surface area contributed by atoms with E-state index in [1.54, 1.807) is 0 Å². The molecule has 108 valence electrons. The number of amides is 2. The Kier molecular flexibility index (Phi) is 3.24. The van der Waals surface area contributed by atoms with Crippen LogP contribution in [0.3, 0.4) is 0 Å². The number of likely N-dealkylation sites (N-methyl/N-ethyl adjacent to an activating group) is 1. The van der Waals surface area contributed by atoms with E-state index in [2.05, 4.69) is 15.3 Å². The number of hydrogen-bond acceptors (Lipinski definition) is 6.